The van der Waals surface area contributed by atoms with Gasteiger partial charge in [0.2, 0.25) is 5.91 Å². The standard InChI is InChI=1S/C17H17N3O2/c1-12-11-18-9-7-13(12)17(22)20-10-8-16(21)19(2)14-5-3-4-6-15(14)20/h3-7,9,11H,8,10H2,1-2H3. The first-order chi connectivity index (χ1) is 10.6. The summed E-state index contributed by atoms with van der Waals surface area (Å²) in [5.41, 5.74) is 2.96. The molecule has 3 rings (SSSR count). The maximum absolute atomic E-state index is 12.9. The molecule has 5 heteroatoms. The maximum Gasteiger partial charge on any atom is 0.258 e. The lowest BCUT2D eigenvalue weighted by atomic mass is 10.1. The van der Waals surface area contributed by atoms with Crippen molar-refractivity contribution in [1.82, 2.24) is 4.98 Å². The molecule has 0 atom stereocenters. The van der Waals surface area contributed by atoms with Crippen LogP contribution >= 0.6 is 0 Å². The van der Waals surface area contributed by atoms with Gasteiger partial charge < -0.3 is 9.80 Å². The number of aryl methyl sites for hydroxylation is 1. The predicted molar refractivity (Wildman–Crippen MR) is 85.1 cm³/mol. The fourth-order valence-electron chi connectivity index (χ4n) is 2.68. The lowest BCUT2D eigenvalue weighted by Gasteiger charge is -2.24. The van der Waals surface area contributed by atoms with Crippen molar-refractivity contribution in [1.29, 1.82) is 0 Å². The van der Waals surface area contributed by atoms with Gasteiger partial charge in [0, 0.05) is 38.0 Å². The van der Waals surface area contributed by atoms with E-state index >= 15 is 0 Å². The monoisotopic (exact) mass is 295 g/mol. The van der Waals surface area contributed by atoms with E-state index in [-0.39, 0.29) is 11.8 Å². The van der Waals surface area contributed by atoms with Crippen LogP contribution in [-0.4, -0.2) is 30.4 Å². The number of fused-ring (bicyclic) bond motifs is 1. The van der Waals surface area contributed by atoms with Gasteiger partial charge in [0.15, 0.2) is 0 Å². The molecule has 0 saturated heterocycles. The highest BCUT2D eigenvalue weighted by molar-refractivity contribution is 6.11. The number of pyridine rings is 1. The van der Waals surface area contributed by atoms with Crippen molar-refractivity contribution in [2.45, 2.75) is 13.3 Å². The molecular weight excluding hydrogens is 278 g/mol. The molecule has 0 N–H and O–H groups in total. The fraction of sp³-hybridized carbons (Fsp3) is 0.235. The Morgan fingerprint density at radius 1 is 1.18 bits per heavy atom. The number of hydrogen-bond acceptors (Lipinski definition) is 3. The SMILES string of the molecule is Cc1cnccc1C(=O)N1CCC(=O)N(C)c2ccccc21. The van der Waals surface area contributed by atoms with Gasteiger partial charge in [-0.3, -0.25) is 14.6 Å². The second-order valence-electron chi connectivity index (χ2n) is 5.34. The van der Waals surface area contributed by atoms with Gasteiger partial charge in [0.1, 0.15) is 0 Å². The second kappa shape index (κ2) is 5.60. The molecule has 2 heterocycles. The van der Waals surface area contributed by atoms with E-state index in [1.165, 1.54) is 0 Å². The average Bonchev–Trinajstić information content (AvgIpc) is 2.66. The molecule has 112 valence electrons. The molecule has 0 radical (unpaired) electrons. The third kappa shape index (κ3) is 2.35. The highest BCUT2D eigenvalue weighted by Gasteiger charge is 2.28. The van der Waals surface area contributed by atoms with E-state index in [4.69, 9.17) is 0 Å². The van der Waals surface area contributed by atoms with E-state index in [1.807, 2.05) is 31.2 Å². The number of benzene rings is 1. The van der Waals surface area contributed by atoms with Crippen LogP contribution in [0.1, 0.15) is 22.3 Å². The van der Waals surface area contributed by atoms with Crippen LogP contribution in [0, 0.1) is 6.92 Å². The summed E-state index contributed by atoms with van der Waals surface area (Å²) in [6.45, 7) is 2.24. The first kappa shape index (κ1) is 14.3. The lowest BCUT2D eigenvalue weighted by molar-refractivity contribution is -0.118. The summed E-state index contributed by atoms with van der Waals surface area (Å²) >= 11 is 0. The van der Waals surface area contributed by atoms with Crippen molar-refractivity contribution < 1.29 is 9.59 Å². The van der Waals surface area contributed by atoms with Crippen LogP contribution in [0.2, 0.25) is 0 Å². The number of carbonyl (C=O) groups is 2. The molecule has 2 amide bonds. The lowest BCUT2D eigenvalue weighted by Crippen LogP contribution is -2.32. The molecule has 0 unspecified atom stereocenters. The van der Waals surface area contributed by atoms with E-state index in [1.54, 1.807) is 35.3 Å². The topological polar surface area (TPSA) is 53.5 Å². The molecule has 22 heavy (non-hydrogen) atoms. The van der Waals surface area contributed by atoms with Crippen molar-refractivity contribution in [3.63, 3.8) is 0 Å². The Morgan fingerprint density at radius 2 is 1.91 bits per heavy atom. The third-order valence-corrected chi connectivity index (χ3v) is 3.95. The minimum absolute atomic E-state index is 0.00852. The van der Waals surface area contributed by atoms with E-state index in [2.05, 4.69) is 4.98 Å². The van der Waals surface area contributed by atoms with Crippen LogP contribution in [0.5, 0.6) is 0 Å². The normalized spacial score (nSPS) is 14.5. The fourth-order valence-corrected chi connectivity index (χ4v) is 2.68. The third-order valence-electron chi connectivity index (χ3n) is 3.95. The minimum atomic E-state index is -0.101. The van der Waals surface area contributed by atoms with Gasteiger partial charge in [-0.25, -0.2) is 0 Å². The van der Waals surface area contributed by atoms with Gasteiger partial charge in [-0.05, 0) is 30.7 Å². The number of para-hydroxylation sites is 2. The molecule has 1 aliphatic rings. The summed E-state index contributed by atoms with van der Waals surface area (Å²) in [4.78, 5) is 32.4. The van der Waals surface area contributed by atoms with Crippen molar-refractivity contribution in [2.24, 2.45) is 0 Å². The number of carbonyl (C=O) groups excluding carboxylic acids is 2. The molecule has 5 nitrogen and oxygen atoms in total. The van der Waals surface area contributed by atoms with Crippen LogP contribution < -0.4 is 9.80 Å². The summed E-state index contributed by atoms with van der Waals surface area (Å²) < 4.78 is 0. The van der Waals surface area contributed by atoms with Gasteiger partial charge in [0.05, 0.1) is 11.4 Å². The van der Waals surface area contributed by atoms with E-state index in [0.29, 0.717) is 18.5 Å². The van der Waals surface area contributed by atoms with Crippen LogP contribution in [0.3, 0.4) is 0 Å². The molecule has 2 aromatic rings. The number of amides is 2. The molecule has 0 aliphatic carbocycles. The molecule has 0 spiro atoms. The van der Waals surface area contributed by atoms with Gasteiger partial charge in [-0.15, -0.1) is 0 Å². The van der Waals surface area contributed by atoms with Gasteiger partial charge >= 0.3 is 0 Å². The van der Waals surface area contributed by atoms with Gasteiger partial charge in [0.25, 0.3) is 5.91 Å². The largest absolute Gasteiger partial charge is 0.313 e. The van der Waals surface area contributed by atoms with E-state index in [0.717, 1.165) is 16.9 Å². The summed E-state index contributed by atoms with van der Waals surface area (Å²) in [6, 6.07) is 9.20. The highest BCUT2D eigenvalue weighted by Crippen LogP contribution is 2.32. The first-order valence-corrected chi connectivity index (χ1v) is 7.17. The average molecular weight is 295 g/mol. The molecule has 1 aromatic carbocycles. The van der Waals surface area contributed by atoms with E-state index < -0.39 is 0 Å². The summed E-state index contributed by atoms with van der Waals surface area (Å²) in [5, 5.41) is 0. The van der Waals surface area contributed by atoms with Gasteiger partial charge in [-0.1, -0.05) is 12.1 Å². The van der Waals surface area contributed by atoms with Crippen LogP contribution in [0.25, 0.3) is 0 Å². The second-order valence-corrected chi connectivity index (χ2v) is 5.34. The predicted octanol–water partition coefficient (Wildman–Crippen LogP) is 2.40. The van der Waals surface area contributed by atoms with Crippen LogP contribution in [0.4, 0.5) is 11.4 Å². The van der Waals surface area contributed by atoms with Crippen molar-refractivity contribution in [2.75, 3.05) is 23.4 Å². The summed E-state index contributed by atoms with van der Waals surface area (Å²) in [5.74, 6) is -0.0929. The number of rotatable bonds is 1. The zero-order chi connectivity index (χ0) is 15.7. The minimum Gasteiger partial charge on any atom is -0.313 e. The Bertz CT molecular complexity index is 742. The zero-order valence-electron chi connectivity index (χ0n) is 12.6. The van der Waals surface area contributed by atoms with Crippen molar-refractivity contribution >= 4 is 23.2 Å². The maximum atomic E-state index is 12.9. The molecule has 1 aliphatic heterocycles. The first-order valence-electron chi connectivity index (χ1n) is 7.17. The number of anilines is 2. The number of aromatic nitrogens is 1. The number of hydrogen-bond donors (Lipinski definition) is 0. The Morgan fingerprint density at radius 3 is 2.64 bits per heavy atom. The van der Waals surface area contributed by atoms with Crippen LogP contribution in [-0.2, 0) is 4.79 Å². The van der Waals surface area contributed by atoms with Crippen molar-refractivity contribution in [3.8, 4) is 0 Å². The Kier molecular flexibility index (Phi) is 3.63. The van der Waals surface area contributed by atoms with E-state index in [9.17, 15) is 9.59 Å². The number of nitrogens with zero attached hydrogens (tertiary/aromatic N) is 3. The molecule has 0 bridgehead atoms. The summed E-state index contributed by atoms with van der Waals surface area (Å²) in [7, 11) is 1.74. The quantitative estimate of drug-likeness (QED) is 0.812. The molecule has 0 saturated carbocycles. The smallest absolute Gasteiger partial charge is 0.258 e. The Hall–Kier alpha value is -2.69. The van der Waals surface area contributed by atoms with Crippen LogP contribution in [0.15, 0.2) is 42.7 Å². The molecule has 1 aromatic heterocycles. The highest BCUT2D eigenvalue weighted by atomic mass is 16.2. The molecular formula is C17H17N3O2. The Labute approximate surface area is 129 Å². The Balaban J connectivity index is 2.08. The van der Waals surface area contributed by atoms with Gasteiger partial charge in [-0.2, -0.15) is 0 Å². The molecule has 0 fully saturated rings. The summed E-state index contributed by atoms with van der Waals surface area (Å²) in [6.07, 6.45) is 3.59. The van der Waals surface area contributed by atoms with Crippen molar-refractivity contribution in [3.05, 3.63) is 53.9 Å². The zero-order valence-corrected chi connectivity index (χ0v) is 12.6.